The van der Waals surface area contributed by atoms with E-state index >= 15 is 0 Å². The van der Waals surface area contributed by atoms with E-state index in [4.69, 9.17) is 0 Å². The van der Waals surface area contributed by atoms with E-state index in [2.05, 4.69) is 10.0 Å². The average Bonchev–Trinajstić information content (AvgIpc) is 2.38. The van der Waals surface area contributed by atoms with Gasteiger partial charge in [-0.1, -0.05) is 18.2 Å². The second kappa shape index (κ2) is 4.53. The minimum Gasteiger partial charge on any atom is -0.315 e. The molecule has 1 aromatic carbocycles. The summed E-state index contributed by atoms with van der Waals surface area (Å²) in [6, 6.07) is 7.63. The van der Waals surface area contributed by atoms with Crippen molar-refractivity contribution in [3.63, 3.8) is 0 Å². The standard InChI is InChI=1S/C12H17N3O2S/c16-18(17)14-12-6-2-1-4-10(12)9-15(18)11-5-3-7-13-8-11/h1-2,4,6,11,13-14H,3,5,7-9H2/t11-/m1/s1. The van der Waals surface area contributed by atoms with Gasteiger partial charge in [0.05, 0.1) is 5.69 Å². The first kappa shape index (κ1) is 12.0. The SMILES string of the molecule is O=S1(=O)Nc2ccccc2CN1[C@@H]1CCCNC1. The second-order valence-corrected chi connectivity index (χ2v) is 6.43. The van der Waals surface area contributed by atoms with Crippen molar-refractivity contribution in [1.82, 2.24) is 9.62 Å². The van der Waals surface area contributed by atoms with Gasteiger partial charge in [-0.25, -0.2) is 0 Å². The molecule has 6 heteroatoms. The number of rotatable bonds is 1. The molecule has 98 valence electrons. The summed E-state index contributed by atoms with van der Waals surface area (Å²) in [5.41, 5.74) is 1.75. The molecule has 0 radical (unpaired) electrons. The molecule has 1 aromatic rings. The summed E-state index contributed by atoms with van der Waals surface area (Å²) in [5.74, 6) is 0. The van der Waals surface area contributed by atoms with E-state index in [-0.39, 0.29) is 6.04 Å². The molecule has 1 atom stereocenters. The van der Waals surface area contributed by atoms with E-state index in [1.165, 1.54) is 0 Å². The normalized spacial score (nSPS) is 27.2. The summed E-state index contributed by atoms with van der Waals surface area (Å²) in [7, 11) is -3.39. The molecule has 5 nitrogen and oxygen atoms in total. The number of para-hydroxylation sites is 1. The summed E-state index contributed by atoms with van der Waals surface area (Å²) in [4.78, 5) is 0. The lowest BCUT2D eigenvalue weighted by Gasteiger charge is -2.37. The van der Waals surface area contributed by atoms with Crippen molar-refractivity contribution in [2.75, 3.05) is 17.8 Å². The summed E-state index contributed by atoms with van der Waals surface area (Å²) >= 11 is 0. The van der Waals surface area contributed by atoms with Crippen LogP contribution in [0.3, 0.4) is 0 Å². The lowest BCUT2D eigenvalue weighted by Crippen LogP contribution is -2.51. The zero-order chi connectivity index (χ0) is 12.6. The predicted octanol–water partition coefficient (Wildman–Crippen LogP) is 0.911. The Bertz CT molecular complexity index is 538. The van der Waals surface area contributed by atoms with Gasteiger partial charge in [0, 0.05) is 19.1 Å². The largest absolute Gasteiger partial charge is 0.315 e. The molecule has 0 spiro atoms. The Morgan fingerprint density at radius 3 is 2.89 bits per heavy atom. The highest BCUT2D eigenvalue weighted by Gasteiger charge is 2.34. The first-order chi connectivity index (χ1) is 8.67. The zero-order valence-electron chi connectivity index (χ0n) is 10.1. The molecule has 0 bridgehead atoms. The van der Waals surface area contributed by atoms with E-state index in [0.717, 1.165) is 31.5 Å². The van der Waals surface area contributed by atoms with Gasteiger partial charge >= 0.3 is 10.2 Å². The molecular formula is C12H17N3O2S. The maximum Gasteiger partial charge on any atom is 0.302 e. The van der Waals surface area contributed by atoms with Gasteiger partial charge < -0.3 is 5.32 Å². The van der Waals surface area contributed by atoms with Gasteiger partial charge in [-0.3, -0.25) is 4.72 Å². The van der Waals surface area contributed by atoms with Crippen LogP contribution in [0.5, 0.6) is 0 Å². The molecule has 0 aromatic heterocycles. The fourth-order valence-electron chi connectivity index (χ4n) is 2.61. The van der Waals surface area contributed by atoms with Crippen LogP contribution in [-0.2, 0) is 16.8 Å². The van der Waals surface area contributed by atoms with Crippen LogP contribution in [0.2, 0.25) is 0 Å². The smallest absolute Gasteiger partial charge is 0.302 e. The minimum atomic E-state index is -3.39. The van der Waals surface area contributed by atoms with Crippen molar-refractivity contribution >= 4 is 15.9 Å². The van der Waals surface area contributed by atoms with Crippen molar-refractivity contribution in [2.45, 2.75) is 25.4 Å². The summed E-state index contributed by atoms with van der Waals surface area (Å²) in [5, 5.41) is 3.26. The molecule has 3 rings (SSSR count). The minimum absolute atomic E-state index is 0.0598. The van der Waals surface area contributed by atoms with E-state index in [0.29, 0.717) is 12.2 Å². The van der Waals surface area contributed by atoms with Crippen LogP contribution >= 0.6 is 0 Å². The highest BCUT2D eigenvalue weighted by atomic mass is 32.2. The quantitative estimate of drug-likeness (QED) is 0.795. The maximum atomic E-state index is 12.2. The molecule has 2 aliphatic heterocycles. The molecule has 1 fully saturated rings. The molecular weight excluding hydrogens is 250 g/mol. The highest BCUT2D eigenvalue weighted by Crippen LogP contribution is 2.28. The maximum absolute atomic E-state index is 12.2. The van der Waals surface area contributed by atoms with E-state index < -0.39 is 10.2 Å². The van der Waals surface area contributed by atoms with Crippen LogP contribution in [0, 0.1) is 0 Å². The Labute approximate surface area is 107 Å². The molecule has 2 N–H and O–H groups in total. The molecule has 2 aliphatic rings. The topological polar surface area (TPSA) is 61.4 Å². The van der Waals surface area contributed by atoms with Gasteiger partial charge in [-0.2, -0.15) is 12.7 Å². The van der Waals surface area contributed by atoms with Crippen molar-refractivity contribution in [2.24, 2.45) is 0 Å². The van der Waals surface area contributed by atoms with Crippen molar-refractivity contribution in [3.8, 4) is 0 Å². The Morgan fingerprint density at radius 1 is 1.28 bits per heavy atom. The number of hydrogen-bond acceptors (Lipinski definition) is 3. The molecule has 1 saturated heterocycles. The highest BCUT2D eigenvalue weighted by molar-refractivity contribution is 7.90. The van der Waals surface area contributed by atoms with Gasteiger partial charge in [-0.05, 0) is 31.0 Å². The Balaban J connectivity index is 1.91. The monoisotopic (exact) mass is 267 g/mol. The van der Waals surface area contributed by atoms with Crippen LogP contribution < -0.4 is 10.0 Å². The number of hydrogen-bond donors (Lipinski definition) is 2. The van der Waals surface area contributed by atoms with Gasteiger partial charge in [0.1, 0.15) is 0 Å². The number of nitrogens with zero attached hydrogens (tertiary/aromatic N) is 1. The average molecular weight is 267 g/mol. The van der Waals surface area contributed by atoms with Gasteiger partial charge in [0.25, 0.3) is 0 Å². The number of fused-ring (bicyclic) bond motifs is 1. The Kier molecular flexibility index (Phi) is 3.01. The van der Waals surface area contributed by atoms with Crippen LogP contribution in [-0.4, -0.2) is 31.9 Å². The fourth-order valence-corrected chi connectivity index (χ4v) is 4.09. The van der Waals surface area contributed by atoms with Crippen LogP contribution in [0.1, 0.15) is 18.4 Å². The fraction of sp³-hybridized carbons (Fsp3) is 0.500. The van der Waals surface area contributed by atoms with E-state index in [1.54, 1.807) is 4.31 Å². The molecule has 2 heterocycles. The summed E-state index contributed by atoms with van der Waals surface area (Å²) in [6.07, 6.45) is 1.95. The third-order valence-electron chi connectivity index (χ3n) is 3.57. The first-order valence-corrected chi connectivity index (χ1v) is 7.69. The van der Waals surface area contributed by atoms with Gasteiger partial charge in [-0.15, -0.1) is 0 Å². The summed E-state index contributed by atoms with van der Waals surface area (Å²) in [6.45, 7) is 2.19. The number of anilines is 1. The van der Waals surface area contributed by atoms with Crippen molar-refractivity contribution < 1.29 is 8.42 Å². The van der Waals surface area contributed by atoms with E-state index in [9.17, 15) is 8.42 Å². The number of nitrogens with one attached hydrogen (secondary N) is 2. The molecule has 0 amide bonds. The van der Waals surface area contributed by atoms with Gasteiger partial charge in [0.2, 0.25) is 0 Å². The third kappa shape index (κ3) is 2.11. The Morgan fingerprint density at radius 2 is 2.11 bits per heavy atom. The van der Waals surface area contributed by atoms with Crippen molar-refractivity contribution in [3.05, 3.63) is 29.8 Å². The number of benzene rings is 1. The molecule has 18 heavy (non-hydrogen) atoms. The molecule has 0 unspecified atom stereocenters. The lowest BCUT2D eigenvalue weighted by atomic mass is 10.1. The second-order valence-electron chi connectivity index (χ2n) is 4.81. The third-order valence-corrected chi connectivity index (χ3v) is 5.09. The predicted molar refractivity (Wildman–Crippen MR) is 70.4 cm³/mol. The van der Waals surface area contributed by atoms with Gasteiger partial charge in [0.15, 0.2) is 0 Å². The lowest BCUT2D eigenvalue weighted by molar-refractivity contribution is 0.259. The van der Waals surface area contributed by atoms with Crippen LogP contribution in [0.4, 0.5) is 5.69 Å². The molecule has 0 aliphatic carbocycles. The summed E-state index contributed by atoms with van der Waals surface area (Å²) < 4.78 is 28.7. The first-order valence-electron chi connectivity index (χ1n) is 6.25. The molecule has 0 saturated carbocycles. The van der Waals surface area contributed by atoms with Crippen LogP contribution in [0.25, 0.3) is 0 Å². The van der Waals surface area contributed by atoms with Crippen molar-refractivity contribution in [1.29, 1.82) is 0 Å². The van der Waals surface area contributed by atoms with E-state index in [1.807, 2.05) is 24.3 Å². The van der Waals surface area contributed by atoms with Crippen LogP contribution in [0.15, 0.2) is 24.3 Å². The number of piperidine rings is 1. The Hall–Kier alpha value is -1.11. The zero-order valence-corrected chi connectivity index (χ0v) is 10.9.